The van der Waals surface area contributed by atoms with Crippen LogP contribution in [0.3, 0.4) is 0 Å². The predicted octanol–water partition coefficient (Wildman–Crippen LogP) is 3.12. The summed E-state index contributed by atoms with van der Waals surface area (Å²) in [7, 11) is 1.62. The van der Waals surface area contributed by atoms with Gasteiger partial charge in [0.05, 0.1) is 6.61 Å². The van der Waals surface area contributed by atoms with Gasteiger partial charge in [0.25, 0.3) is 5.82 Å². The molecule has 6 nitrogen and oxygen atoms in total. The van der Waals surface area contributed by atoms with Crippen LogP contribution in [0, 0.1) is 0 Å². The third-order valence-corrected chi connectivity index (χ3v) is 3.23. The molecule has 9 heteroatoms. The Hall–Kier alpha value is -2.68. The lowest BCUT2D eigenvalue weighted by atomic mass is 10.1. The first-order valence-electron chi connectivity index (χ1n) is 7.03. The Bertz CT molecular complexity index is 831. The van der Waals surface area contributed by atoms with Crippen molar-refractivity contribution in [2.75, 3.05) is 13.7 Å². The number of alkyl halides is 3. The van der Waals surface area contributed by atoms with Crippen molar-refractivity contribution in [3.05, 3.63) is 47.8 Å². The molecular formula is C15H13F3N4O2. The second-order valence-electron chi connectivity index (χ2n) is 4.95. The van der Waals surface area contributed by atoms with Crippen molar-refractivity contribution in [3.8, 4) is 11.6 Å². The molecule has 0 unspecified atom stereocenters. The molecule has 0 saturated heterocycles. The topological polar surface area (TPSA) is 61.5 Å². The maximum Gasteiger partial charge on any atom is 0.453 e. The van der Waals surface area contributed by atoms with Crippen molar-refractivity contribution in [3.63, 3.8) is 0 Å². The highest BCUT2D eigenvalue weighted by atomic mass is 19.4. The molecule has 0 N–H and O–H groups in total. The van der Waals surface area contributed by atoms with Crippen molar-refractivity contribution >= 4 is 5.65 Å². The van der Waals surface area contributed by atoms with Gasteiger partial charge in [-0.1, -0.05) is 12.1 Å². The minimum atomic E-state index is -4.64. The van der Waals surface area contributed by atoms with Crippen LogP contribution < -0.4 is 4.74 Å². The van der Waals surface area contributed by atoms with E-state index in [1.54, 1.807) is 19.2 Å². The van der Waals surface area contributed by atoms with E-state index < -0.39 is 12.0 Å². The van der Waals surface area contributed by atoms with Gasteiger partial charge in [-0.3, -0.25) is 0 Å². The number of aromatic nitrogens is 4. The molecule has 24 heavy (non-hydrogen) atoms. The molecule has 1 aromatic carbocycles. The lowest BCUT2D eigenvalue weighted by molar-refractivity contribution is -0.146. The summed E-state index contributed by atoms with van der Waals surface area (Å²) in [6.45, 7) is 0.603. The van der Waals surface area contributed by atoms with Crippen molar-refractivity contribution in [2.45, 2.75) is 12.6 Å². The number of rotatable bonds is 5. The van der Waals surface area contributed by atoms with E-state index >= 15 is 0 Å². The van der Waals surface area contributed by atoms with Crippen LogP contribution in [0.15, 0.2) is 36.4 Å². The van der Waals surface area contributed by atoms with Gasteiger partial charge in [0, 0.05) is 13.2 Å². The number of halogens is 3. The minimum absolute atomic E-state index is 0.00964. The molecule has 0 radical (unpaired) electrons. The first-order valence-corrected chi connectivity index (χ1v) is 7.03. The van der Waals surface area contributed by atoms with Crippen LogP contribution in [0.1, 0.15) is 11.4 Å². The lowest BCUT2D eigenvalue weighted by Crippen LogP contribution is -2.12. The summed E-state index contributed by atoms with van der Waals surface area (Å²) < 4.78 is 49.6. The number of hydrogen-bond acceptors (Lipinski definition) is 5. The fourth-order valence-corrected chi connectivity index (χ4v) is 2.07. The number of nitrogens with zero attached hydrogens (tertiary/aromatic N) is 4. The Morgan fingerprint density at radius 3 is 2.46 bits per heavy atom. The van der Waals surface area contributed by atoms with Crippen LogP contribution >= 0.6 is 0 Å². The highest BCUT2D eigenvalue weighted by molar-refractivity contribution is 5.39. The lowest BCUT2D eigenvalue weighted by Gasteiger charge is -2.07. The molecule has 0 spiro atoms. The third kappa shape index (κ3) is 3.46. The molecular weight excluding hydrogens is 325 g/mol. The zero-order valence-corrected chi connectivity index (χ0v) is 12.6. The zero-order chi connectivity index (χ0) is 17.2. The van der Waals surface area contributed by atoms with Crippen LogP contribution in [0.5, 0.6) is 11.6 Å². The fourth-order valence-electron chi connectivity index (χ4n) is 2.07. The van der Waals surface area contributed by atoms with Crippen molar-refractivity contribution < 1.29 is 22.6 Å². The highest BCUT2D eigenvalue weighted by Gasteiger charge is 2.37. The monoisotopic (exact) mass is 338 g/mol. The molecule has 2 heterocycles. The van der Waals surface area contributed by atoms with Crippen LogP contribution in [-0.2, 0) is 17.3 Å². The summed E-state index contributed by atoms with van der Waals surface area (Å²) in [5, 5.41) is 10.3. The van der Waals surface area contributed by atoms with Crippen LogP contribution in [0.25, 0.3) is 5.65 Å². The summed E-state index contributed by atoms with van der Waals surface area (Å²) >= 11 is 0. The van der Waals surface area contributed by atoms with Crippen molar-refractivity contribution in [1.82, 2.24) is 19.8 Å². The average molecular weight is 338 g/mol. The van der Waals surface area contributed by atoms with E-state index in [0.717, 1.165) is 12.0 Å². The Labute approximate surface area is 134 Å². The van der Waals surface area contributed by atoms with Gasteiger partial charge in [-0.2, -0.15) is 17.7 Å². The maximum absolute atomic E-state index is 12.8. The Balaban J connectivity index is 1.82. The third-order valence-electron chi connectivity index (χ3n) is 3.23. The molecule has 0 atom stereocenters. The molecule has 0 amide bonds. The average Bonchev–Trinajstić information content (AvgIpc) is 2.97. The summed E-state index contributed by atoms with van der Waals surface area (Å²) in [6.07, 6.45) is -3.88. The highest BCUT2D eigenvalue weighted by Crippen LogP contribution is 2.28. The first-order chi connectivity index (χ1) is 11.5. The Kier molecular flexibility index (Phi) is 4.34. The van der Waals surface area contributed by atoms with Crippen LogP contribution in [0.2, 0.25) is 0 Å². The number of benzene rings is 1. The van der Waals surface area contributed by atoms with Crippen molar-refractivity contribution in [2.24, 2.45) is 0 Å². The van der Waals surface area contributed by atoms with Gasteiger partial charge in [0.1, 0.15) is 5.75 Å². The second kappa shape index (κ2) is 6.44. The minimum Gasteiger partial charge on any atom is -0.438 e. The summed E-state index contributed by atoms with van der Waals surface area (Å²) in [5.41, 5.74) is 1.05. The summed E-state index contributed by atoms with van der Waals surface area (Å²) in [6, 6.07) is 9.93. The molecule has 0 bridgehead atoms. The Morgan fingerprint density at radius 1 is 1.04 bits per heavy atom. The largest absolute Gasteiger partial charge is 0.453 e. The van der Waals surface area contributed by atoms with Gasteiger partial charge < -0.3 is 9.47 Å². The SMILES string of the molecule is COCCc1ccc(Oc2ccc3nnc(C(F)(F)F)n3n2)cc1. The number of fused-ring (bicyclic) bond motifs is 1. The van der Waals surface area contributed by atoms with E-state index in [4.69, 9.17) is 9.47 Å². The standard InChI is InChI=1S/C15H13F3N4O2/c1-23-9-8-10-2-4-11(5-3-10)24-13-7-6-12-19-20-14(15(16,17)18)22(12)21-13/h2-7H,8-9H2,1H3. The number of ether oxygens (including phenoxy) is 2. The first kappa shape index (κ1) is 16.2. The summed E-state index contributed by atoms with van der Waals surface area (Å²) in [4.78, 5) is 0. The molecule has 126 valence electrons. The van der Waals surface area contributed by atoms with Crippen LogP contribution in [-0.4, -0.2) is 33.5 Å². The molecule has 0 aliphatic carbocycles. The van der Waals surface area contributed by atoms with Gasteiger partial charge in [0.15, 0.2) is 5.65 Å². The van der Waals surface area contributed by atoms with Gasteiger partial charge >= 0.3 is 6.18 Å². The summed E-state index contributed by atoms with van der Waals surface area (Å²) in [5.74, 6) is -0.722. The van der Waals surface area contributed by atoms with E-state index in [-0.39, 0.29) is 11.5 Å². The van der Waals surface area contributed by atoms with Crippen LogP contribution in [0.4, 0.5) is 13.2 Å². The van der Waals surface area contributed by atoms with E-state index in [1.807, 2.05) is 12.1 Å². The van der Waals surface area contributed by atoms with Gasteiger partial charge in [0.2, 0.25) is 5.88 Å². The molecule has 0 saturated carbocycles. The molecule has 0 aliphatic rings. The van der Waals surface area contributed by atoms with Gasteiger partial charge in [-0.05, 0) is 30.2 Å². The molecule has 3 rings (SSSR count). The van der Waals surface area contributed by atoms with Gasteiger partial charge in [-0.25, -0.2) is 0 Å². The molecule has 3 aromatic rings. The molecule has 0 aliphatic heterocycles. The number of hydrogen-bond donors (Lipinski definition) is 0. The number of methoxy groups -OCH3 is 1. The van der Waals surface area contributed by atoms with E-state index in [2.05, 4.69) is 15.3 Å². The van der Waals surface area contributed by atoms with Crippen molar-refractivity contribution in [1.29, 1.82) is 0 Å². The van der Waals surface area contributed by atoms with E-state index in [1.165, 1.54) is 12.1 Å². The second-order valence-corrected chi connectivity index (χ2v) is 4.95. The molecule has 2 aromatic heterocycles. The smallest absolute Gasteiger partial charge is 0.438 e. The maximum atomic E-state index is 12.8. The predicted molar refractivity (Wildman–Crippen MR) is 77.9 cm³/mol. The Morgan fingerprint density at radius 2 is 1.79 bits per heavy atom. The zero-order valence-electron chi connectivity index (χ0n) is 12.6. The molecule has 0 fully saturated rings. The quantitative estimate of drug-likeness (QED) is 0.715. The normalized spacial score (nSPS) is 11.8. The van der Waals surface area contributed by atoms with Gasteiger partial charge in [-0.15, -0.1) is 15.3 Å². The van der Waals surface area contributed by atoms with E-state index in [0.29, 0.717) is 16.9 Å². The fraction of sp³-hybridized carbons (Fsp3) is 0.267. The van der Waals surface area contributed by atoms with E-state index in [9.17, 15) is 13.2 Å².